The number of amides is 2. The lowest BCUT2D eigenvalue weighted by Gasteiger charge is -2.22. The van der Waals surface area contributed by atoms with Crippen molar-refractivity contribution in [2.45, 2.75) is 32.0 Å². The van der Waals surface area contributed by atoms with Crippen LogP contribution in [0, 0.1) is 11.6 Å². The summed E-state index contributed by atoms with van der Waals surface area (Å²) in [6.45, 7) is 3.42. The van der Waals surface area contributed by atoms with Gasteiger partial charge in [-0.3, -0.25) is 0 Å². The van der Waals surface area contributed by atoms with E-state index >= 15 is 0 Å². The molecule has 0 fully saturated rings. The van der Waals surface area contributed by atoms with Crippen molar-refractivity contribution >= 4 is 6.03 Å². The number of hydrogen-bond donors (Lipinski definition) is 3. The molecule has 128 valence electrons. The minimum Gasteiger partial charge on any atom is -0.386 e. The summed E-state index contributed by atoms with van der Waals surface area (Å²) in [6, 6.07) is 11.2. The highest BCUT2D eigenvalue weighted by Crippen LogP contribution is 2.19. The average Bonchev–Trinajstić information content (AvgIpc) is 2.57. The number of aliphatic hydroxyl groups excluding tert-OH is 1. The zero-order valence-electron chi connectivity index (χ0n) is 13.5. The third kappa shape index (κ3) is 4.52. The van der Waals surface area contributed by atoms with Crippen LogP contribution in [0.25, 0.3) is 0 Å². The Morgan fingerprint density at radius 3 is 2.25 bits per heavy atom. The molecule has 6 heteroatoms. The highest BCUT2D eigenvalue weighted by molar-refractivity contribution is 5.74. The van der Waals surface area contributed by atoms with Gasteiger partial charge in [0.15, 0.2) is 11.6 Å². The lowest BCUT2D eigenvalue weighted by Crippen LogP contribution is -2.44. The molecule has 0 aliphatic rings. The molecule has 0 radical (unpaired) electrons. The molecule has 3 unspecified atom stereocenters. The smallest absolute Gasteiger partial charge is 0.315 e. The highest BCUT2D eigenvalue weighted by atomic mass is 19.2. The van der Waals surface area contributed by atoms with Crippen molar-refractivity contribution in [1.82, 2.24) is 10.6 Å². The molecule has 3 atom stereocenters. The molecule has 2 aromatic carbocycles. The zero-order chi connectivity index (χ0) is 17.7. The van der Waals surface area contributed by atoms with Gasteiger partial charge in [-0.15, -0.1) is 0 Å². The number of carbonyl (C=O) groups excluding carboxylic acids is 1. The maximum atomic E-state index is 13.2. The first kappa shape index (κ1) is 17.9. The van der Waals surface area contributed by atoms with E-state index in [2.05, 4.69) is 10.6 Å². The number of benzene rings is 2. The second-order valence-electron chi connectivity index (χ2n) is 5.66. The van der Waals surface area contributed by atoms with Gasteiger partial charge < -0.3 is 15.7 Å². The molecule has 3 N–H and O–H groups in total. The van der Waals surface area contributed by atoms with E-state index in [-0.39, 0.29) is 11.6 Å². The van der Waals surface area contributed by atoms with Gasteiger partial charge in [0.1, 0.15) is 0 Å². The van der Waals surface area contributed by atoms with Crippen LogP contribution in [0.5, 0.6) is 0 Å². The predicted octanol–water partition coefficient (Wildman–Crippen LogP) is 3.45. The van der Waals surface area contributed by atoms with Gasteiger partial charge in [0.2, 0.25) is 0 Å². The Morgan fingerprint density at radius 1 is 0.958 bits per heavy atom. The van der Waals surface area contributed by atoms with E-state index in [4.69, 9.17) is 0 Å². The summed E-state index contributed by atoms with van der Waals surface area (Å²) in [7, 11) is 0. The van der Waals surface area contributed by atoms with Gasteiger partial charge in [0.25, 0.3) is 0 Å². The minimum atomic E-state index is -1.15. The van der Waals surface area contributed by atoms with E-state index in [1.165, 1.54) is 6.07 Å². The van der Waals surface area contributed by atoms with Crippen LogP contribution in [-0.2, 0) is 0 Å². The van der Waals surface area contributed by atoms with Crippen LogP contribution in [0.15, 0.2) is 48.5 Å². The molecule has 4 nitrogen and oxygen atoms in total. The summed E-state index contributed by atoms with van der Waals surface area (Å²) in [5, 5.41) is 15.5. The van der Waals surface area contributed by atoms with E-state index < -0.39 is 29.8 Å². The first-order chi connectivity index (χ1) is 11.4. The van der Waals surface area contributed by atoms with Gasteiger partial charge in [-0.1, -0.05) is 36.4 Å². The third-order valence-corrected chi connectivity index (χ3v) is 3.76. The third-order valence-electron chi connectivity index (χ3n) is 3.76. The molecule has 0 heterocycles. The topological polar surface area (TPSA) is 61.4 Å². The fourth-order valence-corrected chi connectivity index (χ4v) is 2.33. The van der Waals surface area contributed by atoms with Crippen molar-refractivity contribution in [2.24, 2.45) is 0 Å². The zero-order valence-corrected chi connectivity index (χ0v) is 13.5. The lowest BCUT2D eigenvalue weighted by molar-refractivity contribution is 0.136. The molecule has 0 aliphatic heterocycles. The van der Waals surface area contributed by atoms with E-state index in [0.717, 1.165) is 17.7 Å². The van der Waals surface area contributed by atoms with Crippen LogP contribution < -0.4 is 10.6 Å². The Hall–Kier alpha value is -2.47. The van der Waals surface area contributed by atoms with Crippen LogP contribution >= 0.6 is 0 Å². The molecular weight excluding hydrogens is 314 g/mol. The Morgan fingerprint density at radius 2 is 1.62 bits per heavy atom. The molecule has 2 rings (SSSR count). The summed E-state index contributed by atoms with van der Waals surface area (Å²) in [5.74, 6) is -2.03. The van der Waals surface area contributed by atoms with Crippen molar-refractivity contribution in [1.29, 1.82) is 0 Å². The number of hydrogen-bond acceptors (Lipinski definition) is 2. The quantitative estimate of drug-likeness (QED) is 0.784. The van der Waals surface area contributed by atoms with Crippen molar-refractivity contribution in [3.8, 4) is 0 Å². The van der Waals surface area contributed by atoms with Crippen molar-refractivity contribution in [2.75, 3.05) is 0 Å². The second kappa shape index (κ2) is 7.88. The predicted molar refractivity (Wildman–Crippen MR) is 87.3 cm³/mol. The molecule has 24 heavy (non-hydrogen) atoms. The standard InChI is InChI=1S/C18H20F2N2O2/c1-11(13-6-4-3-5-7-13)21-18(24)22-12(2)17(23)14-8-9-15(19)16(20)10-14/h3-12,17,23H,1-2H3,(H2,21,22,24). The summed E-state index contributed by atoms with van der Waals surface area (Å²) >= 11 is 0. The van der Waals surface area contributed by atoms with Gasteiger partial charge in [0, 0.05) is 0 Å². The number of carbonyl (C=O) groups is 1. The van der Waals surface area contributed by atoms with E-state index in [0.29, 0.717) is 0 Å². The molecule has 0 bridgehead atoms. The van der Waals surface area contributed by atoms with Crippen LogP contribution in [0.1, 0.15) is 37.1 Å². The molecule has 0 saturated heterocycles. The molecule has 2 aromatic rings. The van der Waals surface area contributed by atoms with Crippen molar-refractivity contribution in [3.05, 3.63) is 71.3 Å². The van der Waals surface area contributed by atoms with Crippen LogP contribution in [0.3, 0.4) is 0 Å². The molecule has 0 aromatic heterocycles. The average molecular weight is 334 g/mol. The summed E-state index contributed by atoms with van der Waals surface area (Å²) < 4.78 is 26.2. The highest BCUT2D eigenvalue weighted by Gasteiger charge is 2.20. The van der Waals surface area contributed by atoms with Crippen molar-refractivity contribution in [3.63, 3.8) is 0 Å². The second-order valence-corrected chi connectivity index (χ2v) is 5.66. The Bertz CT molecular complexity index is 695. The van der Waals surface area contributed by atoms with E-state index in [1.54, 1.807) is 6.92 Å². The lowest BCUT2D eigenvalue weighted by atomic mass is 10.0. The molecule has 0 saturated carbocycles. The van der Waals surface area contributed by atoms with E-state index in [9.17, 15) is 18.7 Å². The van der Waals surface area contributed by atoms with Gasteiger partial charge in [-0.05, 0) is 37.1 Å². The van der Waals surface area contributed by atoms with Gasteiger partial charge >= 0.3 is 6.03 Å². The molecule has 0 spiro atoms. The number of nitrogens with one attached hydrogen (secondary N) is 2. The maximum Gasteiger partial charge on any atom is 0.315 e. The summed E-state index contributed by atoms with van der Waals surface area (Å²) in [5.41, 5.74) is 1.14. The number of rotatable bonds is 5. The van der Waals surface area contributed by atoms with Gasteiger partial charge in [-0.25, -0.2) is 13.6 Å². The normalized spacial score (nSPS) is 14.5. The number of aliphatic hydroxyl groups is 1. The van der Waals surface area contributed by atoms with Crippen molar-refractivity contribution < 1.29 is 18.7 Å². The van der Waals surface area contributed by atoms with E-state index in [1.807, 2.05) is 37.3 Å². The fraction of sp³-hybridized carbons (Fsp3) is 0.278. The Labute approximate surface area is 139 Å². The largest absolute Gasteiger partial charge is 0.386 e. The van der Waals surface area contributed by atoms with Crippen LogP contribution in [0.4, 0.5) is 13.6 Å². The number of urea groups is 1. The molecule has 2 amide bonds. The first-order valence-electron chi connectivity index (χ1n) is 7.63. The Kier molecular flexibility index (Phi) is 5.87. The van der Waals surface area contributed by atoms with Crippen LogP contribution in [0.2, 0.25) is 0 Å². The summed E-state index contributed by atoms with van der Waals surface area (Å²) in [4.78, 5) is 12.0. The number of halogens is 2. The van der Waals surface area contributed by atoms with Crippen LogP contribution in [-0.4, -0.2) is 17.2 Å². The fourth-order valence-electron chi connectivity index (χ4n) is 2.33. The monoisotopic (exact) mass is 334 g/mol. The van der Waals surface area contributed by atoms with Gasteiger partial charge in [-0.2, -0.15) is 0 Å². The SMILES string of the molecule is CC(NC(=O)NC(C)C(O)c1ccc(F)c(F)c1)c1ccccc1. The first-order valence-corrected chi connectivity index (χ1v) is 7.63. The summed E-state index contributed by atoms with van der Waals surface area (Å²) in [6.07, 6.45) is -1.15. The molecular formula is C18H20F2N2O2. The minimum absolute atomic E-state index is 0.192. The molecule has 0 aliphatic carbocycles. The van der Waals surface area contributed by atoms with Gasteiger partial charge in [0.05, 0.1) is 18.2 Å². The maximum absolute atomic E-state index is 13.2. The Balaban J connectivity index is 1.94.